The number of rotatable bonds is 5. The molecule has 1 aliphatic heterocycles. The summed E-state index contributed by atoms with van der Waals surface area (Å²) in [6.45, 7) is 5.44. The maximum absolute atomic E-state index is 6.34. The second-order valence-corrected chi connectivity index (χ2v) is 5.37. The molecule has 1 heterocycles. The topological polar surface area (TPSA) is 47.7 Å². The normalized spacial score (nSPS) is 21.4. The average Bonchev–Trinajstić information content (AvgIpc) is 2.83. The molecule has 0 aromatic heterocycles. The summed E-state index contributed by atoms with van der Waals surface area (Å²) in [6.07, 6.45) is 1.27. The van der Waals surface area contributed by atoms with E-state index < -0.39 is 0 Å². The van der Waals surface area contributed by atoms with Crippen LogP contribution in [0.25, 0.3) is 0 Å². The molecule has 2 unspecified atom stereocenters. The van der Waals surface area contributed by atoms with Crippen molar-refractivity contribution in [3.63, 3.8) is 0 Å². The van der Waals surface area contributed by atoms with E-state index in [1.807, 2.05) is 18.2 Å². The zero-order valence-electron chi connectivity index (χ0n) is 12.1. The number of ether oxygens (including phenoxy) is 2. The number of nitrogens with zero attached hydrogens (tertiary/aromatic N) is 1. The lowest BCUT2D eigenvalue weighted by Gasteiger charge is -2.22. The van der Waals surface area contributed by atoms with Gasteiger partial charge in [-0.1, -0.05) is 6.92 Å². The van der Waals surface area contributed by atoms with Gasteiger partial charge in [-0.05, 0) is 37.1 Å². The van der Waals surface area contributed by atoms with Crippen LogP contribution in [0.5, 0.6) is 11.5 Å². The van der Waals surface area contributed by atoms with Gasteiger partial charge in [-0.3, -0.25) is 0 Å². The van der Waals surface area contributed by atoms with Gasteiger partial charge in [0.25, 0.3) is 0 Å². The molecule has 1 saturated heterocycles. The first-order valence-corrected chi connectivity index (χ1v) is 6.84. The van der Waals surface area contributed by atoms with Crippen LogP contribution in [0.15, 0.2) is 18.2 Å². The fourth-order valence-electron chi connectivity index (χ4n) is 2.70. The Morgan fingerprint density at radius 2 is 2.16 bits per heavy atom. The zero-order valence-corrected chi connectivity index (χ0v) is 12.1. The van der Waals surface area contributed by atoms with E-state index in [1.165, 1.54) is 6.42 Å². The molecule has 2 rings (SSSR count). The highest BCUT2D eigenvalue weighted by Gasteiger charge is 2.22. The number of benzene rings is 1. The van der Waals surface area contributed by atoms with Crippen molar-refractivity contribution in [3.05, 3.63) is 23.8 Å². The lowest BCUT2D eigenvalue weighted by Crippen LogP contribution is -2.30. The highest BCUT2D eigenvalue weighted by Crippen LogP contribution is 2.29. The predicted molar refractivity (Wildman–Crippen MR) is 76.7 cm³/mol. The van der Waals surface area contributed by atoms with E-state index in [4.69, 9.17) is 15.2 Å². The number of hydrogen-bond donors (Lipinski definition) is 1. The molecule has 4 heteroatoms. The largest absolute Gasteiger partial charge is 0.497 e. The third-order valence-electron chi connectivity index (χ3n) is 3.80. The highest BCUT2D eigenvalue weighted by atomic mass is 16.5. The Bertz CT molecular complexity index is 423. The molecule has 0 saturated carbocycles. The Balaban J connectivity index is 2.10. The van der Waals surface area contributed by atoms with Crippen LogP contribution in [0.1, 0.15) is 24.9 Å². The summed E-state index contributed by atoms with van der Waals surface area (Å²) in [6, 6.07) is 5.74. The van der Waals surface area contributed by atoms with Gasteiger partial charge in [0.2, 0.25) is 0 Å². The van der Waals surface area contributed by atoms with Crippen molar-refractivity contribution < 1.29 is 9.47 Å². The Kier molecular flexibility index (Phi) is 4.66. The van der Waals surface area contributed by atoms with Crippen LogP contribution in [0.4, 0.5) is 0 Å². The SMILES string of the molecule is COc1ccc(OC)c(C(N)CN2CCC(C)C2)c1. The molecule has 0 spiro atoms. The minimum absolute atomic E-state index is 0.0460. The molecule has 1 aromatic rings. The minimum Gasteiger partial charge on any atom is -0.497 e. The second kappa shape index (κ2) is 6.26. The van der Waals surface area contributed by atoms with Crippen molar-refractivity contribution in [1.29, 1.82) is 0 Å². The van der Waals surface area contributed by atoms with Crippen molar-refractivity contribution in [2.75, 3.05) is 33.9 Å². The molecule has 2 atom stereocenters. The van der Waals surface area contributed by atoms with Crippen molar-refractivity contribution in [3.8, 4) is 11.5 Å². The summed E-state index contributed by atoms with van der Waals surface area (Å²) < 4.78 is 10.7. The van der Waals surface area contributed by atoms with Gasteiger partial charge >= 0.3 is 0 Å². The van der Waals surface area contributed by atoms with Gasteiger partial charge in [0, 0.05) is 24.7 Å². The molecule has 106 valence electrons. The Labute approximate surface area is 115 Å². The smallest absolute Gasteiger partial charge is 0.123 e. The molecule has 1 aliphatic rings. The summed E-state index contributed by atoms with van der Waals surface area (Å²) in [5.74, 6) is 2.43. The molecule has 1 fully saturated rings. The van der Waals surface area contributed by atoms with Crippen LogP contribution in [0.2, 0.25) is 0 Å². The fraction of sp³-hybridized carbons (Fsp3) is 0.600. The predicted octanol–water partition coefficient (Wildman–Crippen LogP) is 2.05. The monoisotopic (exact) mass is 264 g/mol. The zero-order chi connectivity index (χ0) is 13.8. The molecule has 0 aliphatic carbocycles. The molecule has 1 aromatic carbocycles. The number of hydrogen-bond acceptors (Lipinski definition) is 4. The first-order chi connectivity index (χ1) is 9.13. The molecule has 19 heavy (non-hydrogen) atoms. The van der Waals surface area contributed by atoms with E-state index in [1.54, 1.807) is 14.2 Å². The number of likely N-dealkylation sites (tertiary alicyclic amines) is 1. The second-order valence-electron chi connectivity index (χ2n) is 5.37. The highest BCUT2D eigenvalue weighted by molar-refractivity contribution is 5.42. The van der Waals surface area contributed by atoms with E-state index in [2.05, 4.69) is 11.8 Å². The van der Waals surface area contributed by atoms with E-state index in [0.717, 1.165) is 42.6 Å². The van der Waals surface area contributed by atoms with E-state index in [-0.39, 0.29) is 6.04 Å². The molecular weight excluding hydrogens is 240 g/mol. The summed E-state index contributed by atoms with van der Waals surface area (Å²) in [5.41, 5.74) is 7.36. The lowest BCUT2D eigenvalue weighted by molar-refractivity contribution is 0.302. The number of nitrogens with two attached hydrogens (primary N) is 1. The van der Waals surface area contributed by atoms with Crippen molar-refractivity contribution in [2.45, 2.75) is 19.4 Å². The van der Waals surface area contributed by atoms with Gasteiger partial charge < -0.3 is 20.1 Å². The van der Waals surface area contributed by atoms with Gasteiger partial charge in [0.15, 0.2) is 0 Å². The van der Waals surface area contributed by atoms with Crippen LogP contribution in [0, 0.1) is 5.92 Å². The third kappa shape index (κ3) is 3.39. The van der Waals surface area contributed by atoms with Crippen LogP contribution < -0.4 is 15.2 Å². The van der Waals surface area contributed by atoms with E-state index in [9.17, 15) is 0 Å². The van der Waals surface area contributed by atoms with E-state index >= 15 is 0 Å². The molecule has 2 N–H and O–H groups in total. The van der Waals surface area contributed by atoms with E-state index in [0.29, 0.717) is 0 Å². The summed E-state index contributed by atoms with van der Waals surface area (Å²) in [7, 11) is 3.34. The van der Waals surface area contributed by atoms with Crippen molar-refractivity contribution >= 4 is 0 Å². The summed E-state index contributed by atoms with van der Waals surface area (Å²) in [5, 5.41) is 0. The third-order valence-corrected chi connectivity index (χ3v) is 3.80. The summed E-state index contributed by atoms with van der Waals surface area (Å²) in [4.78, 5) is 2.42. The first kappa shape index (κ1) is 14.2. The fourth-order valence-corrected chi connectivity index (χ4v) is 2.70. The standard InChI is InChI=1S/C15H24N2O2/c1-11-6-7-17(9-11)10-14(16)13-8-12(18-2)4-5-15(13)19-3/h4-5,8,11,14H,6-7,9-10,16H2,1-3H3. The van der Waals surface area contributed by atoms with Crippen molar-refractivity contribution in [2.24, 2.45) is 11.7 Å². The van der Waals surface area contributed by atoms with Gasteiger partial charge in [-0.25, -0.2) is 0 Å². The quantitative estimate of drug-likeness (QED) is 0.884. The lowest BCUT2D eigenvalue weighted by atomic mass is 10.1. The van der Waals surface area contributed by atoms with Gasteiger partial charge in [0.1, 0.15) is 11.5 Å². The molecule has 4 nitrogen and oxygen atoms in total. The maximum Gasteiger partial charge on any atom is 0.123 e. The average molecular weight is 264 g/mol. The van der Waals surface area contributed by atoms with Gasteiger partial charge in [0.05, 0.1) is 14.2 Å². The maximum atomic E-state index is 6.34. The molecule has 0 amide bonds. The Morgan fingerprint density at radius 3 is 2.74 bits per heavy atom. The minimum atomic E-state index is -0.0460. The van der Waals surface area contributed by atoms with Crippen LogP contribution in [-0.2, 0) is 0 Å². The van der Waals surface area contributed by atoms with Crippen molar-refractivity contribution in [1.82, 2.24) is 4.90 Å². The number of methoxy groups -OCH3 is 2. The van der Waals surface area contributed by atoms with Gasteiger partial charge in [-0.2, -0.15) is 0 Å². The molecule has 0 bridgehead atoms. The van der Waals surface area contributed by atoms with Crippen LogP contribution in [-0.4, -0.2) is 38.8 Å². The van der Waals surface area contributed by atoms with Crippen LogP contribution >= 0.6 is 0 Å². The van der Waals surface area contributed by atoms with Crippen LogP contribution in [0.3, 0.4) is 0 Å². The first-order valence-electron chi connectivity index (χ1n) is 6.84. The Morgan fingerprint density at radius 1 is 1.37 bits per heavy atom. The molecular formula is C15H24N2O2. The van der Waals surface area contributed by atoms with Gasteiger partial charge in [-0.15, -0.1) is 0 Å². The summed E-state index contributed by atoms with van der Waals surface area (Å²) >= 11 is 0. The Hall–Kier alpha value is -1.26. The molecule has 0 radical (unpaired) electrons.